The minimum Gasteiger partial charge on any atom is -0.347 e. The summed E-state index contributed by atoms with van der Waals surface area (Å²) in [5.74, 6) is -0.101. The van der Waals surface area contributed by atoms with Gasteiger partial charge in [-0.25, -0.2) is 4.98 Å². The number of aromatic nitrogens is 1. The summed E-state index contributed by atoms with van der Waals surface area (Å²) in [5, 5.41) is 6.65. The van der Waals surface area contributed by atoms with Gasteiger partial charge >= 0.3 is 0 Å². The Hall–Kier alpha value is -1.69. The van der Waals surface area contributed by atoms with Gasteiger partial charge in [0.05, 0.1) is 22.1 Å². The lowest BCUT2D eigenvalue weighted by Crippen LogP contribution is -2.22. The lowest BCUT2D eigenvalue weighted by Gasteiger charge is -2.03. The second-order valence-corrected chi connectivity index (χ2v) is 7.37. The third-order valence-electron chi connectivity index (χ3n) is 3.06. The maximum atomic E-state index is 12.0. The quantitative estimate of drug-likeness (QED) is 0.738. The summed E-state index contributed by atoms with van der Waals surface area (Å²) in [4.78, 5) is 18.7. The number of nitrogens with one attached hydrogen (secondary N) is 1. The SMILES string of the molecule is Cc1nc(-c2ccc(CNC(=O)c3ccc(Cl)cc3)s2)cs1. The summed E-state index contributed by atoms with van der Waals surface area (Å²) in [7, 11) is 0. The van der Waals surface area contributed by atoms with Crippen molar-refractivity contribution in [2.24, 2.45) is 0 Å². The Morgan fingerprint density at radius 1 is 1.23 bits per heavy atom. The van der Waals surface area contributed by atoms with Gasteiger partial charge in [0.25, 0.3) is 5.91 Å². The number of carbonyl (C=O) groups excluding carboxylic acids is 1. The van der Waals surface area contributed by atoms with Gasteiger partial charge in [0.1, 0.15) is 0 Å². The van der Waals surface area contributed by atoms with E-state index >= 15 is 0 Å². The van der Waals surface area contributed by atoms with Gasteiger partial charge < -0.3 is 5.32 Å². The molecule has 0 radical (unpaired) electrons. The fourth-order valence-corrected chi connectivity index (χ4v) is 3.68. The summed E-state index contributed by atoms with van der Waals surface area (Å²) >= 11 is 9.10. The molecule has 0 fully saturated rings. The molecule has 0 aliphatic heterocycles. The van der Waals surface area contributed by atoms with E-state index in [2.05, 4.69) is 15.7 Å². The van der Waals surface area contributed by atoms with Crippen molar-refractivity contribution in [3.05, 3.63) is 62.2 Å². The molecule has 0 unspecified atom stereocenters. The van der Waals surface area contributed by atoms with Crippen molar-refractivity contribution in [1.82, 2.24) is 10.3 Å². The van der Waals surface area contributed by atoms with Crippen LogP contribution in [0, 0.1) is 6.92 Å². The Labute approximate surface area is 141 Å². The predicted octanol–water partition coefficient (Wildman–Crippen LogP) is 4.76. The third kappa shape index (κ3) is 3.55. The topological polar surface area (TPSA) is 42.0 Å². The molecule has 0 atom stereocenters. The third-order valence-corrected chi connectivity index (χ3v) is 5.20. The van der Waals surface area contributed by atoms with E-state index in [0.717, 1.165) is 20.5 Å². The highest BCUT2D eigenvalue weighted by molar-refractivity contribution is 7.16. The highest BCUT2D eigenvalue weighted by atomic mass is 35.5. The number of benzene rings is 1. The molecule has 1 aromatic carbocycles. The molecule has 22 heavy (non-hydrogen) atoms. The first-order chi connectivity index (χ1) is 10.6. The highest BCUT2D eigenvalue weighted by Crippen LogP contribution is 2.28. The first-order valence-corrected chi connectivity index (χ1v) is 8.74. The van der Waals surface area contributed by atoms with E-state index in [9.17, 15) is 4.79 Å². The Morgan fingerprint density at radius 3 is 2.68 bits per heavy atom. The number of carbonyl (C=O) groups is 1. The Kier molecular flexibility index (Phi) is 4.57. The van der Waals surface area contributed by atoms with Crippen molar-refractivity contribution in [3.63, 3.8) is 0 Å². The minimum atomic E-state index is -0.101. The molecule has 0 saturated heterocycles. The van der Waals surface area contributed by atoms with Crippen LogP contribution in [0.4, 0.5) is 0 Å². The lowest BCUT2D eigenvalue weighted by atomic mass is 10.2. The van der Waals surface area contributed by atoms with Crippen LogP contribution in [0.5, 0.6) is 0 Å². The summed E-state index contributed by atoms with van der Waals surface area (Å²) in [5.41, 5.74) is 1.61. The number of nitrogens with zero attached hydrogens (tertiary/aromatic N) is 1. The van der Waals surface area contributed by atoms with Crippen molar-refractivity contribution >= 4 is 40.2 Å². The maximum Gasteiger partial charge on any atom is 0.251 e. The predicted molar refractivity (Wildman–Crippen MR) is 92.8 cm³/mol. The van der Waals surface area contributed by atoms with E-state index in [0.29, 0.717) is 17.1 Å². The van der Waals surface area contributed by atoms with Crippen LogP contribution in [0.25, 0.3) is 10.6 Å². The molecular formula is C16H13ClN2OS2. The van der Waals surface area contributed by atoms with Gasteiger partial charge in [-0.05, 0) is 43.3 Å². The van der Waals surface area contributed by atoms with Crippen LogP contribution in [-0.2, 0) is 6.54 Å². The molecule has 0 aliphatic rings. The van der Waals surface area contributed by atoms with Crippen LogP contribution in [-0.4, -0.2) is 10.9 Å². The van der Waals surface area contributed by atoms with Gasteiger partial charge in [-0.15, -0.1) is 22.7 Å². The van der Waals surface area contributed by atoms with Gasteiger partial charge in [0.15, 0.2) is 0 Å². The molecule has 6 heteroatoms. The fraction of sp³-hybridized carbons (Fsp3) is 0.125. The van der Waals surface area contributed by atoms with Crippen LogP contribution >= 0.6 is 34.3 Å². The maximum absolute atomic E-state index is 12.0. The van der Waals surface area contributed by atoms with Crippen LogP contribution in [0.15, 0.2) is 41.8 Å². The summed E-state index contributed by atoms with van der Waals surface area (Å²) in [6.45, 7) is 2.50. The van der Waals surface area contributed by atoms with Gasteiger partial charge in [-0.3, -0.25) is 4.79 Å². The van der Waals surface area contributed by atoms with E-state index in [4.69, 9.17) is 11.6 Å². The molecule has 0 aliphatic carbocycles. The van der Waals surface area contributed by atoms with Gasteiger partial charge in [0.2, 0.25) is 0 Å². The number of aryl methyl sites for hydroxylation is 1. The Bertz CT molecular complexity index is 793. The molecule has 1 amide bonds. The number of thiazole rings is 1. The van der Waals surface area contributed by atoms with E-state index in [1.165, 1.54) is 0 Å². The second-order valence-electron chi connectivity index (χ2n) is 4.71. The van der Waals surface area contributed by atoms with Gasteiger partial charge in [0, 0.05) is 20.8 Å². The molecule has 3 aromatic rings. The second kappa shape index (κ2) is 6.60. The zero-order valence-electron chi connectivity index (χ0n) is 11.8. The van der Waals surface area contributed by atoms with Gasteiger partial charge in [-0.2, -0.15) is 0 Å². The summed E-state index contributed by atoms with van der Waals surface area (Å²) < 4.78 is 0. The Balaban J connectivity index is 1.63. The van der Waals surface area contributed by atoms with E-state index in [-0.39, 0.29) is 5.91 Å². The van der Waals surface area contributed by atoms with Crippen LogP contribution in [0.1, 0.15) is 20.2 Å². The van der Waals surface area contributed by atoms with Crippen LogP contribution in [0.3, 0.4) is 0 Å². The molecule has 3 rings (SSSR count). The first-order valence-electron chi connectivity index (χ1n) is 6.67. The lowest BCUT2D eigenvalue weighted by molar-refractivity contribution is 0.0951. The zero-order chi connectivity index (χ0) is 15.5. The van der Waals surface area contributed by atoms with Crippen LogP contribution in [0.2, 0.25) is 5.02 Å². The molecule has 3 nitrogen and oxygen atoms in total. The largest absolute Gasteiger partial charge is 0.347 e. The molecule has 0 bridgehead atoms. The average molecular weight is 349 g/mol. The van der Waals surface area contributed by atoms with E-state index < -0.39 is 0 Å². The number of hydrogen-bond donors (Lipinski definition) is 1. The monoisotopic (exact) mass is 348 g/mol. The van der Waals surface area contributed by atoms with Gasteiger partial charge in [-0.1, -0.05) is 11.6 Å². The van der Waals surface area contributed by atoms with Crippen molar-refractivity contribution in [3.8, 4) is 10.6 Å². The molecule has 0 spiro atoms. The van der Waals surface area contributed by atoms with E-state index in [1.807, 2.05) is 19.1 Å². The number of hydrogen-bond acceptors (Lipinski definition) is 4. The van der Waals surface area contributed by atoms with Crippen molar-refractivity contribution in [2.75, 3.05) is 0 Å². The minimum absolute atomic E-state index is 0.101. The standard InChI is InChI=1S/C16H13ClN2OS2/c1-10-19-14(9-21-10)15-7-6-13(22-15)8-18-16(20)11-2-4-12(17)5-3-11/h2-7,9H,8H2,1H3,(H,18,20). The molecule has 0 saturated carbocycles. The summed E-state index contributed by atoms with van der Waals surface area (Å²) in [6, 6.07) is 10.9. The molecule has 1 N–H and O–H groups in total. The average Bonchev–Trinajstić information content (AvgIpc) is 3.14. The first kappa shape index (κ1) is 15.2. The fourth-order valence-electron chi connectivity index (χ4n) is 1.96. The summed E-state index contributed by atoms with van der Waals surface area (Å²) in [6.07, 6.45) is 0. The van der Waals surface area contributed by atoms with E-state index in [1.54, 1.807) is 46.9 Å². The normalized spacial score (nSPS) is 10.6. The molecule has 112 valence electrons. The zero-order valence-corrected chi connectivity index (χ0v) is 14.2. The highest BCUT2D eigenvalue weighted by Gasteiger charge is 2.08. The number of halogens is 1. The number of thiophene rings is 1. The van der Waals surface area contributed by atoms with Crippen LogP contribution < -0.4 is 5.32 Å². The number of rotatable bonds is 4. The Morgan fingerprint density at radius 2 is 2.00 bits per heavy atom. The smallest absolute Gasteiger partial charge is 0.251 e. The number of amides is 1. The molecular weight excluding hydrogens is 336 g/mol. The van der Waals surface area contributed by atoms with Crippen molar-refractivity contribution in [2.45, 2.75) is 13.5 Å². The molecule has 2 aromatic heterocycles. The molecule has 2 heterocycles. The van der Waals surface area contributed by atoms with Crippen molar-refractivity contribution < 1.29 is 4.79 Å². The van der Waals surface area contributed by atoms with Crippen molar-refractivity contribution in [1.29, 1.82) is 0 Å².